The molecule has 0 bridgehead atoms. The van der Waals surface area contributed by atoms with Gasteiger partial charge in [0.2, 0.25) is 9.47 Å². The van der Waals surface area contributed by atoms with Gasteiger partial charge in [-0.05, 0) is 49.4 Å². The van der Waals surface area contributed by atoms with Gasteiger partial charge < -0.3 is 0 Å². The maximum Gasteiger partial charge on any atom is 0.270 e. The van der Waals surface area contributed by atoms with E-state index in [1.807, 2.05) is 43.3 Å². The fourth-order valence-corrected chi connectivity index (χ4v) is 5.52. The number of amides is 1. The fourth-order valence-electron chi connectivity index (χ4n) is 3.36. The maximum absolute atomic E-state index is 12.8. The molecule has 1 aliphatic carbocycles. The molecule has 0 saturated heterocycles. The molecule has 0 aliphatic heterocycles. The highest BCUT2D eigenvalue weighted by atomic mass is 32.2. The number of anilines is 1. The Morgan fingerprint density at radius 2 is 1.86 bits per heavy atom. The molecule has 0 unspecified atom stereocenters. The van der Waals surface area contributed by atoms with Gasteiger partial charge >= 0.3 is 0 Å². The van der Waals surface area contributed by atoms with E-state index in [1.54, 1.807) is 12.1 Å². The van der Waals surface area contributed by atoms with Crippen molar-refractivity contribution in [2.24, 2.45) is 0 Å². The lowest BCUT2D eigenvalue weighted by Crippen LogP contribution is -2.31. The fraction of sp³-hybridized carbons (Fsp3) is 0.250. The quantitative estimate of drug-likeness (QED) is 0.606. The third kappa shape index (κ3) is 4.36. The first kappa shape index (κ1) is 19.7. The van der Waals surface area contributed by atoms with Crippen LogP contribution in [0.25, 0.3) is 0 Å². The zero-order valence-electron chi connectivity index (χ0n) is 15.8. The molecule has 0 fully saturated rings. The Kier molecular flexibility index (Phi) is 5.44. The van der Waals surface area contributed by atoms with Crippen molar-refractivity contribution in [1.29, 1.82) is 0 Å². The number of carbonyl (C=O) groups excluding carboxylic acids is 1. The molecule has 1 heterocycles. The van der Waals surface area contributed by atoms with Gasteiger partial charge in [0.25, 0.3) is 15.9 Å². The molecule has 0 spiro atoms. The summed E-state index contributed by atoms with van der Waals surface area (Å²) in [6, 6.07) is 14.6. The van der Waals surface area contributed by atoms with Gasteiger partial charge in [0, 0.05) is 11.6 Å². The molecule has 150 valence electrons. The molecule has 29 heavy (non-hydrogen) atoms. The smallest absolute Gasteiger partial charge is 0.270 e. The molecule has 2 N–H and O–H groups in total. The summed E-state index contributed by atoms with van der Waals surface area (Å²) in [6.07, 6.45) is 2.59. The molecule has 0 radical (unpaired) electrons. The number of hydrogen-bond donors (Lipinski definition) is 2. The molecule has 1 aliphatic rings. The van der Waals surface area contributed by atoms with E-state index >= 15 is 0 Å². The van der Waals surface area contributed by atoms with Crippen LogP contribution in [0, 0.1) is 6.92 Å². The molecule has 1 aromatic heterocycles. The summed E-state index contributed by atoms with van der Waals surface area (Å²) >= 11 is 0.831. The van der Waals surface area contributed by atoms with E-state index in [9.17, 15) is 13.2 Å². The van der Waals surface area contributed by atoms with E-state index in [0.717, 1.165) is 47.3 Å². The minimum absolute atomic E-state index is 0.139. The largest absolute Gasteiger partial charge is 0.296 e. The summed E-state index contributed by atoms with van der Waals surface area (Å²) in [5.41, 5.74) is 3.67. The van der Waals surface area contributed by atoms with Gasteiger partial charge in [-0.1, -0.05) is 53.3 Å². The van der Waals surface area contributed by atoms with Gasteiger partial charge in [0.1, 0.15) is 0 Å². The minimum atomic E-state index is -3.84. The number of rotatable bonds is 5. The molecular weight excluding hydrogens is 408 g/mol. The third-order valence-electron chi connectivity index (χ3n) is 4.84. The standard InChI is InChI=1S/C20H20N4O3S2/c1-13-9-11-15(12-10-13)18(25)21-19-22-23-20(28-19)29(26,27)24-17-8-4-6-14-5-2-3-7-16(14)17/h2-3,5,7,9-12,17,24H,4,6,8H2,1H3,(H,21,22,25)/t17-/m1/s1. The Morgan fingerprint density at radius 1 is 1.10 bits per heavy atom. The lowest BCUT2D eigenvalue weighted by atomic mass is 9.88. The number of benzene rings is 2. The van der Waals surface area contributed by atoms with E-state index < -0.39 is 10.0 Å². The van der Waals surface area contributed by atoms with Crippen LogP contribution in [-0.4, -0.2) is 24.5 Å². The van der Waals surface area contributed by atoms with Crippen LogP contribution in [0.3, 0.4) is 0 Å². The Bertz CT molecular complexity index is 1140. The summed E-state index contributed by atoms with van der Waals surface area (Å²) in [7, 11) is -3.84. The number of aromatic nitrogens is 2. The summed E-state index contributed by atoms with van der Waals surface area (Å²) in [5, 5.41) is 10.3. The third-order valence-corrected chi connectivity index (χ3v) is 7.52. The second-order valence-electron chi connectivity index (χ2n) is 6.96. The van der Waals surface area contributed by atoms with Crippen LogP contribution in [0.1, 0.15) is 45.9 Å². The van der Waals surface area contributed by atoms with Gasteiger partial charge in [-0.2, -0.15) is 0 Å². The second kappa shape index (κ2) is 8.02. The van der Waals surface area contributed by atoms with E-state index in [4.69, 9.17) is 0 Å². The first-order valence-corrected chi connectivity index (χ1v) is 11.5. The molecule has 4 rings (SSSR count). The van der Waals surface area contributed by atoms with Crippen molar-refractivity contribution >= 4 is 32.4 Å². The van der Waals surface area contributed by atoms with Crippen molar-refractivity contribution in [2.75, 3.05) is 5.32 Å². The van der Waals surface area contributed by atoms with Crippen molar-refractivity contribution in [3.8, 4) is 0 Å². The van der Waals surface area contributed by atoms with Crippen molar-refractivity contribution in [3.05, 3.63) is 70.8 Å². The highest BCUT2D eigenvalue weighted by Crippen LogP contribution is 2.31. The van der Waals surface area contributed by atoms with Gasteiger partial charge in [-0.15, -0.1) is 10.2 Å². The zero-order valence-corrected chi connectivity index (χ0v) is 17.4. The van der Waals surface area contributed by atoms with Crippen LogP contribution < -0.4 is 10.0 Å². The first-order valence-electron chi connectivity index (χ1n) is 9.24. The Balaban J connectivity index is 1.48. The van der Waals surface area contributed by atoms with Crippen LogP contribution in [0.4, 0.5) is 5.13 Å². The number of carbonyl (C=O) groups is 1. The van der Waals surface area contributed by atoms with Crippen LogP contribution in [0.5, 0.6) is 0 Å². The van der Waals surface area contributed by atoms with E-state index in [-0.39, 0.29) is 21.4 Å². The number of nitrogens with one attached hydrogen (secondary N) is 2. The van der Waals surface area contributed by atoms with Crippen molar-refractivity contribution in [2.45, 2.75) is 36.6 Å². The van der Waals surface area contributed by atoms with E-state index in [2.05, 4.69) is 20.2 Å². The van der Waals surface area contributed by atoms with Crippen LogP contribution in [0.2, 0.25) is 0 Å². The van der Waals surface area contributed by atoms with E-state index in [0.29, 0.717) is 5.56 Å². The van der Waals surface area contributed by atoms with Crippen LogP contribution in [-0.2, 0) is 16.4 Å². The van der Waals surface area contributed by atoms with E-state index in [1.165, 1.54) is 0 Å². The molecular formula is C20H20N4O3S2. The normalized spacial score (nSPS) is 16.2. The van der Waals surface area contributed by atoms with Gasteiger partial charge in [0.05, 0.1) is 0 Å². The van der Waals surface area contributed by atoms with Crippen LogP contribution >= 0.6 is 11.3 Å². The highest BCUT2D eigenvalue weighted by molar-refractivity contribution is 7.91. The SMILES string of the molecule is Cc1ccc(C(=O)Nc2nnc(S(=O)(=O)N[C@@H]3CCCc4ccccc43)s2)cc1. The molecule has 1 atom stereocenters. The van der Waals surface area contributed by atoms with Gasteiger partial charge in [-0.25, -0.2) is 13.1 Å². The highest BCUT2D eigenvalue weighted by Gasteiger charge is 2.28. The van der Waals surface area contributed by atoms with Gasteiger partial charge in [0.15, 0.2) is 0 Å². The Labute approximate surface area is 173 Å². The number of aryl methyl sites for hydroxylation is 2. The average molecular weight is 429 g/mol. The maximum atomic E-state index is 12.8. The predicted octanol–water partition coefficient (Wildman–Crippen LogP) is 3.45. The van der Waals surface area contributed by atoms with Crippen molar-refractivity contribution in [3.63, 3.8) is 0 Å². The van der Waals surface area contributed by atoms with Crippen LogP contribution in [0.15, 0.2) is 52.9 Å². The number of nitrogens with zero attached hydrogens (tertiary/aromatic N) is 2. The summed E-state index contributed by atoms with van der Waals surface area (Å²) in [6.45, 7) is 1.93. The molecule has 2 aromatic carbocycles. The lowest BCUT2D eigenvalue weighted by Gasteiger charge is -2.25. The summed E-state index contributed by atoms with van der Waals surface area (Å²) in [4.78, 5) is 12.3. The molecule has 9 heteroatoms. The molecule has 1 amide bonds. The monoisotopic (exact) mass is 428 g/mol. The van der Waals surface area contributed by atoms with Crippen molar-refractivity contribution in [1.82, 2.24) is 14.9 Å². The topological polar surface area (TPSA) is 101 Å². The number of fused-ring (bicyclic) bond motifs is 1. The average Bonchev–Trinajstić information content (AvgIpc) is 3.18. The number of sulfonamides is 1. The molecule has 0 saturated carbocycles. The summed E-state index contributed by atoms with van der Waals surface area (Å²) in [5.74, 6) is -0.362. The number of hydrogen-bond acceptors (Lipinski definition) is 6. The second-order valence-corrected chi connectivity index (χ2v) is 9.82. The molecule has 3 aromatic rings. The minimum Gasteiger partial charge on any atom is -0.296 e. The summed E-state index contributed by atoms with van der Waals surface area (Å²) < 4.78 is 28.2. The van der Waals surface area contributed by atoms with Gasteiger partial charge in [-0.3, -0.25) is 10.1 Å². The first-order chi connectivity index (χ1) is 13.9. The van der Waals surface area contributed by atoms with Crippen molar-refractivity contribution < 1.29 is 13.2 Å². The molecule has 7 nitrogen and oxygen atoms in total. The Hall–Kier alpha value is -2.62. The zero-order chi connectivity index (χ0) is 20.4. The predicted molar refractivity (Wildman–Crippen MR) is 111 cm³/mol. The Morgan fingerprint density at radius 3 is 2.66 bits per heavy atom. The lowest BCUT2D eigenvalue weighted by molar-refractivity contribution is 0.102.